The number of hydrogen-bond donors (Lipinski definition) is 1. The summed E-state index contributed by atoms with van der Waals surface area (Å²) in [7, 11) is 0. The molecule has 7 heteroatoms. The molecule has 1 N–H and O–H groups in total. The number of aryl methyl sites for hydroxylation is 1. The topological polar surface area (TPSA) is 88.3 Å². The van der Waals surface area contributed by atoms with Crippen molar-refractivity contribution in [1.29, 1.82) is 0 Å². The third-order valence-electron chi connectivity index (χ3n) is 2.85. The highest BCUT2D eigenvalue weighted by Gasteiger charge is 2.33. The molecule has 1 amide bonds. The molecule has 2 heterocycles. The average Bonchev–Trinajstić information content (AvgIpc) is 2.89. The van der Waals surface area contributed by atoms with E-state index in [4.69, 9.17) is 5.11 Å². The van der Waals surface area contributed by atoms with Crippen molar-refractivity contribution in [2.24, 2.45) is 5.92 Å². The van der Waals surface area contributed by atoms with E-state index >= 15 is 0 Å². The molecule has 2 rings (SSSR count). The summed E-state index contributed by atoms with van der Waals surface area (Å²) in [6.07, 6.45) is 3.95. The number of carboxylic acids is 1. The van der Waals surface area contributed by atoms with E-state index in [9.17, 15) is 9.59 Å². The monoisotopic (exact) mass is 238 g/mol. The first-order valence-electron chi connectivity index (χ1n) is 5.50. The van der Waals surface area contributed by atoms with Crippen molar-refractivity contribution in [3.05, 3.63) is 12.7 Å². The fourth-order valence-corrected chi connectivity index (χ4v) is 1.93. The van der Waals surface area contributed by atoms with Crippen LogP contribution in [0.25, 0.3) is 0 Å². The van der Waals surface area contributed by atoms with Crippen molar-refractivity contribution >= 4 is 11.9 Å². The van der Waals surface area contributed by atoms with Gasteiger partial charge in [-0.1, -0.05) is 0 Å². The zero-order valence-electron chi connectivity index (χ0n) is 9.32. The number of carboxylic acid groups (broad SMARTS) is 1. The maximum absolute atomic E-state index is 11.5. The van der Waals surface area contributed by atoms with Gasteiger partial charge in [-0.2, -0.15) is 5.10 Å². The summed E-state index contributed by atoms with van der Waals surface area (Å²) in [6, 6.07) is 0. The molecule has 0 bridgehead atoms. The summed E-state index contributed by atoms with van der Waals surface area (Å²) in [5.74, 6) is -1.51. The van der Waals surface area contributed by atoms with Crippen molar-refractivity contribution < 1.29 is 14.7 Å². The smallest absolute Gasteiger partial charge is 0.308 e. The zero-order valence-corrected chi connectivity index (χ0v) is 9.32. The second kappa shape index (κ2) is 4.94. The molecule has 1 aromatic heterocycles. The maximum Gasteiger partial charge on any atom is 0.308 e. The summed E-state index contributed by atoms with van der Waals surface area (Å²) in [6.45, 7) is 1.58. The average molecular weight is 238 g/mol. The molecule has 1 aliphatic rings. The molecule has 7 nitrogen and oxygen atoms in total. The molecule has 0 spiro atoms. The van der Waals surface area contributed by atoms with Crippen LogP contribution in [0, 0.1) is 5.92 Å². The van der Waals surface area contributed by atoms with E-state index in [0.717, 1.165) is 6.42 Å². The molecule has 0 aliphatic carbocycles. The quantitative estimate of drug-likeness (QED) is 0.754. The van der Waals surface area contributed by atoms with E-state index in [1.807, 2.05) is 0 Å². The van der Waals surface area contributed by atoms with E-state index in [1.165, 1.54) is 6.33 Å². The van der Waals surface area contributed by atoms with Crippen molar-refractivity contribution in [1.82, 2.24) is 19.7 Å². The Morgan fingerprint density at radius 3 is 2.94 bits per heavy atom. The summed E-state index contributed by atoms with van der Waals surface area (Å²) < 4.78 is 1.69. The van der Waals surface area contributed by atoms with Crippen LogP contribution in [0.3, 0.4) is 0 Å². The molecule has 0 saturated carbocycles. The summed E-state index contributed by atoms with van der Waals surface area (Å²) in [5, 5.41) is 12.8. The number of carbonyl (C=O) groups excluding carboxylic acids is 1. The van der Waals surface area contributed by atoms with Crippen LogP contribution in [0.5, 0.6) is 0 Å². The van der Waals surface area contributed by atoms with Gasteiger partial charge in [0.15, 0.2) is 0 Å². The van der Waals surface area contributed by atoms with Gasteiger partial charge in [-0.25, -0.2) is 4.98 Å². The normalized spacial score (nSPS) is 19.9. The van der Waals surface area contributed by atoms with Crippen molar-refractivity contribution in [3.63, 3.8) is 0 Å². The van der Waals surface area contributed by atoms with Crippen LogP contribution in [0.2, 0.25) is 0 Å². The molecule has 1 saturated heterocycles. The van der Waals surface area contributed by atoms with Crippen LogP contribution in [-0.4, -0.2) is 49.7 Å². The second-order valence-corrected chi connectivity index (χ2v) is 4.09. The highest BCUT2D eigenvalue weighted by atomic mass is 16.4. The lowest BCUT2D eigenvalue weighted by molar-refractivity contribution is -0.141. The fourth-order valence-electron chi connectivity index (χ4n) is 1.93. The Bertz CT molecular complexity index is 404. The standard InChI is InChI=1S/C10H14N4O3/c15-9-4-8(10(16)17)5-13(9)2-1-3-14-7-11-6-12-14/h6-8H,1-5H2,(H,16,17). The summed E-state index contributed by atoms with van der Waals surface area (Å²) in [4.78, 5) is 27.7. The van der Waals surface area contributed by atoms with Crippen LogP contribution in [0.15, 0.2) is 12.7 Å². The Morgan fingerprint density at radius 2 is 2.35 bits per heavy atom. The third-order valence-corrected chi connectivity index (χ3v) is 2.85. The van der Waals surface area contributed by atoms with Gasteiger partial charge in [0.25, 0.3) is 0 Å². The molecule has 17 heavy (non-hydrogen) atoms. The number of aliphatic carboxylic acids is 1. The fraction of sp³-hybridized carbons (Fsp3) is 0.600. The van der Waals surface area contributed by atoms with Crippen molar-refractivity contribution in [3.8, 4) is 0 Å². The molecular weight excluding hydrogens is 224 g/mol. The molecule has 1 fully saturated rings. The number of likely N-dealkylation sites (tertiary alicyclic amines) is 1. The predicted molar refractivity (Wildman–Crippen MR) is 57.0 cm³/mol. The van der Waals surface area contributed by atoms with Gasteiger partial charge < -0.3 is 10.0 Å². The van der Waals surface area contributed by atoms with Crippen LogP contribution in [0.4, 0.5) is 0 Å². The minimum atomic E-state index is -0.892. The highest BCUT2D eigenvalue weighted by molar-refractivity contribution is 5.86. The van der Waals surface area contributed by atoms with Crippen molar-refractivity contribution in [2.75, 3.05) is 13.1 Å². The van der Waals surface area contributed by atoms with Gasteiger partial charge in [0.2, 0.25) is 5.91 Å². The second-order valence-electron chi connectivity index (χ2n) is 4.09. The SMILES string of the molecule is O=C(O)C1CC(=O)N(CCCn2cncn2)C1. The van der Waals surface area contributed by atoms with E-state index in [2.05, 4.69) is 10.1 Å². The molecule has 1 atom stereocenters. The van der Waals surface area contributed by atoms with Crippen LogP contribution in [0.1, 0.15) is 12.8 Å². The van der Waals surface area contributed by atoms with Gasteiger partial charge in [0, 0.05) is 26.1 Å². The first kappa shape index (κ1) is 11.6. The number of amides is 1. The number of carbonyl (C=O) groups is 2. The first-order chi connectivity index (χ1) is 8.16. The van der Waals surface area contributed by atoms with Crippen LogP contribution in [-0.2, 0) is 16.1 Å². The Hall–Kier alpha value is -1.92. The van der Waals surface area contributed by atoms with Crippen LogP contribution < -0.4 is 0 Å². The lowest BCUT2D eigenvalue weighted by Gasteiger charge is -2.15. The van der Waals surface area contributed by atoms with Crippen LogP contribution >= 0.6 is 0 Å². The minimum Gasteiger partial charge on any atom is -0.481 e. The molecule has 1 aromatic rings. The third kappa shape index (κ3) is 2.80. The van der Waals surface area contributed by atoms with E-state index < -0.39 is 11.9 Å². The first-order valence-corrected chi connectivity index (χ1v) is 5.50. The molecule has 1 unspecified atom stereocenters. The molecule has 92 valence electrons. The molecule has 0 aromatic carbocycles. The number of aromatic nitrogens is 3. The molecule has 1 aliphatic heterocycles. The minimum absolute atomic E-state index is 0.0732. The van der Waals surface area contributed by atoms with Gasteiger partial charge in [0.1, 0.15) is 12.7 Å². The summed E-state index contributed by atoms with van der Waals surface area (Å²) in [5.41, 5.74) is 0. The Labute approximate surface area is 98.0 Å². The predicted octanol–water partition coefficient (Wildman–Crippen LogP) is -0.399. The Kier molecular flexibility index (Phi) is 3.36. The highest BCUT2D eigenvalue weighted by Crippen LogP contribution is 2.17. The molecule has 0 radical (unpaired) electrons. The van der Waals surface area contributed by atoms with E-state index in [1.54, 1.807) is 15.9 Å². The molecular formula is C10H14N4O3. The number of rotatable bonds is 5. The zero-order chi connectivity index (χ0) is 12.3. The van der Waals surface area contributed by atoms with Gasteiger partial charge in [0.05, 0.1) is 5.92 Å². The van der Waals surface area contributed by atoms with E-state index in [0.29, 0.717) is 19.6 Å². The number of nitrogens with zero attached hydrogens (tertiary/aromatic N) is 4. The van der Waals surface area contributed by atoms with Crippen molar-refractivity contribution in [2.45, 2.75) is 19.4 Å². The summed E-state index contributed by atoms with van der Waals surface area (Å²) >= 11 is 0. The lowest BCUT2D eigenvalue weighted by Crippen LogP contribution is -2.28. The Balaban J connectivity index is 1.76. The largest absolute Gasteiger partial charge is 0.481 e. The van der Waals surface area contributed by atoms with Gasteiger partial charge in [-0.15, -0.1) is 0 Å². The van der Waals surface area contributed by atoms with E-state index in [-0.39, 0.29) is 12.3 Å². The van der Waals surface area contributed by atoms with Gasteiger partial charge >= 0.3 is 5.97 Å². The maximum atomic E-state index is 11.5. The lowest BCUT2D eigenvalue weighted by atomic mass is 10.1. The van der Waals surface area contributed by atoms with Gasteiger partial charge in [-0.05, 0) is 6.42 Å². The van der Waals surface area contributed by atoms with Gasteiger partial charge in [-0.3, -0.25) is 14.3 Å². The number of hydrogen-bond acceptors (Lipinski definition) is 4. The Morgan fingerprint density at radius 1 is 1.53 bits per heavy atom.